The summed E-state index contributed by atoms with van der Waals surface area (Å²) in [6, 6.07) is 6.83. The Morgan fingerprint density at radius 2 is 2.05 bits per heavy atom. The average Bonchev–Trinajstić information content (AvgIpc) is 2.51. The van der Waals surface area contributed by atoms with Gasteiger partial charge in [0.2, 0.25) is 0 Å². The minimum absolute atomic E-state index is 0.160. The van der Waals surface area contributed by atoms with Crippen LogP contribution >= 0.6 is 0 Å². The van der Waals surface area contributed by atoms with Gasteiger partial charge in [0.25, 0.3) is 0 Å². The molecule has 0 radical (unpaired) electrons. The molecule has 6 nitrogen and oxygen atoms in total. The Labute approximate surface area is 123 Å². The van der Waals surface area contributed by atoms with Crippen molar-refractivity contribution < 1.29 is 19.4 Å². The zero-order valence-corrected chi connectivity index (χ0v) is 11.9. The van der Waals surface area contributed by atoms with Crippen molar-refractivity contribution in [1.82, 2.24) is 10.6 Å². The lowest BCUT2D eigenvalue weighted by atomic mass is 10.0. The smallest absolute Gasteiger partial charge is 0.331 e. The van der Waals surface area contributed by atoms with Crippen LogP contribution in [0.25, 0.3) is 0 Å². The van der Waals surface area contributed by atoms with Gasteiger partial charge in [-0.1, -0.05) is 36.4 Å². The molecule has 0 aliphatic heterocycles. The largest absolute Gasteiger partial charge is 0.464 e. The van der Waals surface area contributed by atoms with E-state index in [9.17, 15) is 14.7 Å². The Hall–Kier alpha value is -2.34. The van der Waals surface area contributed by atoms with E-state index in [-0.39, 0.29) is 13.2 Å². The lowest BCUT2D eigenvalue weighted by molar-refractivity contribution is -0.148. The van der Waals surface area contributed by atoms with Gasteiger partial charge in [-0.25, -0.2) is 9.59 Å². The average molecular weight is 292 g/mol. The topological polar surface area (TPSA) is 87.7 Å². The van der Waals surface area contributed by atoms with Crippen LogP contribution in [0.1, 0.15) is 18.6 Å². The number of aliphatic hydroxyl groups is 1. The molecule has 1 rings (SSSR count). The number of esters is 1. The molecule has 0 fully saturated rings. The molecule has 0 spiro atoms. The summed E-state index contributed by atoms with van der Waals surface area (Å²) in [6.45, 7) is 5.54. The molecule has 1 aromatic rings. The minimum atomic E-state index is -1.19. The molecule has 0 aliphatic rings. The van der Waals surface area contributed by atoms with Crippen LogP contribution in [-0.2, 0) is 9.53 Å². The number of carbonyl (C=O) groups is 2. The van der Waals surface area contributed by atoms with Crippen molar-refractivity contribution in [2.45, 2.75) is 19.1 Å². The van der Waals surface area contributed by atoms with Crippen LogP contribution in [0.5, 0.6) is 0 Å². The van der Waals surface area contributed by atoms with Crippen molar-refractivity contribution in [3.05, 3.63) is 48.6 Å². The van der Waals surface area contributed by atoms with Crippen molar-refractivity contribution in [3.8, 4) is 0 Å². The number of amides is 2. The molecule has 0 heterocycles. The minimum Gasteiger partial charge on any atom is -0.464 e. The number of ether oxygens (including phenoxy) is 1. The summed E-state index contributed by atoms with van der Waals surface area (Å²) in [7, 11) is 0. The maximum atomic E-state index is 11.9. The third-order valence-electron chi connectivity index (χ3n) is 2.69. The van der Waals surface area contributed by atoms with E-state index < -0.39 is 24.1 Å². The fraction of sp³-hybridized carbons (Fsp3) is 0.333. The van der Waals surface area contributed by atoms with Crippen molar-refractivity contribution in [2.24, 2.45) is 0 Å². The SMILES string of the molecule is C=CCNC(=O)NC(C(=O)OCC)C(O)c1ccccc1. The first-order valence-corrected chi connectivity index (χ1v) is 6.65. The quantitative estimate of drug-likeness (QED) is 0.519. The van der Waals surface area contributed by atoms with Gasteiger partial charge in [0, 0.05) is 6.54 Å². The number of rotatable bonds is 7. The normalized spacial score (nSPS) is 12.9. The highest BCUT2D eigenvalue weighted by atomic mass is 16.5. The Kier molecular flexibility index (Phi) is 6.97. The Balaban J connectivity index is 2.83. The number of carbonyl (C=O) groups excluding carboxylic acids is 2. The zero-order chi connectivity index (χ0) is 15.7. The highest BCUT2D eigenvalue weighted by Crippen LogP contribution is 2.17. The van der Waals surface area contributed by atoms with Gasteiger partial charge in [-0.15, -0.1) is 6.58 Å². The summed E-state index contributed by atoms with van der Waals surface area (Å²) in [5.74, 6) is -0.692. The molecular formula is C15H20N2O4. The second kappa shape index (κ2) is 8.76. The molecule has 0 saturated heterocycles. The van der Waals surface area contributed by atoms with E-state index in [1.807, 2.05) is 0 Å². The third kappa shape index (κ3) is 5.27. The summed E-state index contributed by atoms with van der Waals surface area (Å²) in [5.41, 5.74) is 0.513. The van der Waals surface area contributed by atoms with Gasteiger partial charge in [-0.3, -0.25) is 0 Å². The van der Waals surface area contributed by atoms with Crippen molar-refractivity contribution in [1.29, 1.82) is 0 Å². The van der Waals surface area contributed by atoms with E-state index in [1.165, 1.54) is 6.08 Å². The van der Waals surface area contributed by atoms with E-state index in [1.54, 1.807) is 37.3 Å². The molecule has 1 aromatic carbocycles. The lowest BCUT2D eigenvalue weighted by Crippen LogP contribution is -2.49. The second-order valence-electron chi connectivity index (χ2n) is 4.23. The number of hydrogen-bond acceptors (Lipinski definition) is 4. The van der Waals surface area contributed by atoms with Crippen LogP contribution in [-0.4, -0.2) is 36.3 Å². The van der Waals surface area contributed by atoms with E-state index in [0.29, 0.717) is 5.56 Å². The van der Waals surface area contributed by atoms with Crippen LogP contribution in [0.2, 0.25) is 0 Å². The fourth-order valence-electron chi connectivity index (χ4n) is 1.70. The molecule has 0 saturated carbocycles. The van der Waals surface area contributed by atoms with E-state index in [4.69, 9.17) is 4.74 Å². The summed E-state index contributed by atoms with van der Waals surface area (Å²) in [5, 5.41) is 15.2. The van der Waals surface area contributed by atoms with Crippen LogP contribution in [0, 0.1) is 0 Å². The van der Waals surface area contributed by atoms with Crippen LogP contribution in [0.15, 0.2) is 43.0 Å². The summed E-state index contributed by atoms with van der Waals surface area (Å²) < 4.78 is 4.89. The molecule has 6 heteroatoms. The maximum absolute atomic E-state index is 11.9. The molecule has 114 valence electrons. The van der Waals surface area contributed by atoms with Gasteiger partial charge in [-0.05, 0) is 12.5 Å². The Bertz CT molecular complexity index is 476. The third-order valence-corrected chi connectivity index (χ3v) is 2.69. The lowest BCUT2D eigenvalue weighted by Gasteiger charge is -2.22. The predicted octanol–water partition coefficient (Wildman–Crippen LogP) is 1.14. The van der Waals surface area contributed by atoms with Gasteiger partial charge in [0.1, 0.15) is 6.10 Å². The van der Waals surface area contributed by atoms with Gasteiger partial charge >= 0.3 is 12.0 Å². The van der Waals surface area contributed by atoms with Crippen molar-refractivity contribution >= 4 is 12.0 Å². The molecule has 0 bridgehead atoms. The number of aliphatic hydroxyl groups excluding tert-OH is 1. The maximum Gasteiger partial charge on any atom is 0.331 e. The van der Waals surface area contributed by atoms with Gasteiger partial charge in [0.15, 0.2) is 6.04 Å². The number of nitrogens with one attached hydrogen (secondary N) is 2. The zero-order valence-electron chi connectivity index (χ0n) is 11.9. The summed E-state index contributed by atoms with van der Waals surface area (Å²) in [6.07, 6.45) is 0.312. The molecule has 21 heavy (non-hydrogen) atoms. The highest BCUT2D eigenvalue weighted by molar-refractivity contribution is 5.84. The molecule has 2 atom stereocenters. The first kappa shape index (κ1) is 16.7. The molecule has 0 aliphatic carbocycles. The number of hydrogen-bond donors (Lipinski definition) is 3. The first-order valence-electron chi connectivity index (χ1n) is 6.65. The molecule has 3 N–H and O–H groups in total. The van der Waals surface area contributed by atoms with Crippen molar-refractivity contribution in [3.63, 3.8) is 0 Å². The summed E-state index contributed by atoms with van der Waals surface area (Å²) in [4.78, 5) is 23.6. The second-order valence-corrected chi connectivity index (χ2v) is 4.23. The number of benzene rings is 1. The van der Waals surface area contributed by atoms with E-state index in [0.717, 1.165) is 0 Å². The van der Waals surface area contributed by atoms with Crippen LogP contribution < -0.4 is 10.6 Å². The van der Waals surface area contributed by atoms with E-state index >= 15 is 0 Å². The molecule has 2 amide bonds. The Morgan fingerprint density at radius 1 is 1.38 bits per heavy atom. The fourth-order valence-corrected chi connectivity index (χ4v) is 1.70. The van der Waals surface area contributed by atoms with Gasteiger partial charge in [0.05, 0.1) is 6.61 Å². The van der Waals surface area contributed by atoms with E-state index in [2.05, 4.69) is 17.2 Å². The van der Waals surface area contributed by atoms with Crippen LogP contribution in [0.3, 0.4) is 0 Å². The summed E-state index contributed by atoms with van der Waals surface area (Å²) >= 11 is 0. The first-order chi connectivity index (χ1) is 10.1. The van der Waals surface area contributed by atoms with Gasteiger partial charge < -0.3 is 20.5 Å². The highest BCUT2D eigenvalue weighted by Gasteiger charge is 2.30. The monoisotopic (exact) mass is 292 g/mol. The Morgan fingerprint density at radius 3 is 2.62 bits per heavy atom. The standard InChI is InChI=1S/C15H20N2O4/c1-3-10-16-15(20)17-12(14(19)21-4-2)13(18)11-8-6-5-7-9-11/h3,5-9,12-13,18H,1,4,10H2,2H3,(H2,16,17,20). The molecule has 0 aromatic heterocycles. The van der Waals surface area contributed by atoms with Crippen LogP contribution in [0.4, 0.5) is 4.79 Å². The van der Waals surface area contributed by atoms with Gasteiger partial charge in [-0.2, -0.15) is 0 Å². The number of urea groups is 1. The molecular weight excluding hydrogens is 272 g/mol. The predicted molar refractivity (Wildman–Crippen MR) is 78.6 cm³/mol. The van der Waals surface area contributed by atoms with Crippen molar-refractivity contribution in [2.75, 3.05) is 13.2 Å². The molecule has 2 unspecified atom stereocenters.